The van der Waals surface area contributed by atoms with E-state index in [4.69, 9.17) is 30.5 Å². The van der Waals surface area contributed by atoms with Crippen LogP contribution in [0.25, 0.3) is 0 Å². The summed E-state index contributed by atoms with van der Waals surface area (Å²) < 4.78 is 23.0. The third kappa shape index (κ3) is 7.62. The second-order valence-electron chi connectivity index (χ2n) is 5.55. The maximum absolute atomic E-state index is 10.8. The van der Waals surface area contributed by atoms with Crippen molar-refractivity contribution in [3.8, 4) is 0 Å². The van der Waals surface area contributed by atoms with Gasteiger partial charge in [-0.1, -0.05) is 0 Å². The molecule has 0 bridgehead atoms. The standard InChI is InChI=1S/C15H25ClO5S/c16-13(17)11-22-10-12(21-15-6-2-4-8-19-15)9-20-14-5-1-3-7-18-14/h12,14-15H,1-11H2. The fourth-order valence-electron chi connectivity index (χ4n) is 2.49. The average molecular weight is 353 g/mol. The summed E-state index contributed by atoms with van der Waals surface area (Å²) in [6, 6.07) is 0. The molecule has 0 amide bonds. The van der Waals surface area contributed by atoms with E-state index in [0.717, 1.165) is 51.7 Å². The van der Waals surface area contributed by atoms with Gasteiger partial charge in [-0.15, -0.1) is 11.8 Å². The summed E-state index contributed by atoms with van der Waals surface area (Å²) in [5.41, 5.74) is 0. The van der Waals surface area contributed by atoms with E-state index >= 15 is 0 Å². The van der Waals surface area contributed by atoms with Crippen LogP contribution in [0.1, 0.15) is 38.5 Å². The Morgan fingerprint density at radius 2 is 1.82 bits per heavy atom. The number of ether oxygens (including phenoxy) is 4. The number of hydrogen-bond donors (Lipinski definition) is 0. The summed E-state index contributed by atoms with van der Waals surface area (Å²) >= 11 is 6.84. The molecule has 0 aromatic rings. The van der Waals surface area contributed by atoms with E-state index in [2.05, 4.69) is 0 Å². The molecule has 22 heavy (non-hydrogen) atoms. The molecule has 0 N–H and O–H groups in total. The highest BCUT2D eigenvalue weighted by atomic mass is 35.5. The molecular formula is C15H25ClO5S. The van der Waals surface area contributed by atoms with Crippen LogP contribution in [-0.4, -0.2) is 55.3 Å². The van der Waals surface area contributed by atoms with E-state index in [1.807, 2.05) is 0 Å². The highest BCUT2D eigenvalue weighted by Gasteiger charge is 2.22. The number of thioether (sulfide) groups is 1. The Kier molecular flexibility index (Phi) is 9.11. The highest BCUT2D eigenvalue weighted by Crippen LogP contribution is 2.19. The monoisotopic (exact) mass is 352 g/mol. The van der Waals surface area contributed by atoms with Crippen LogP contribution in [0.5, 0.6) is 0 Å². The summed E-state index contributed by atoms with van der Waals surface area (Å²) in [6.07, 6.45) is 5.88. The van der Waals surface area contributed by atoms with Crippen molar-refractivity contribution in [1.82, 2.24) is 0 Å². The summed E-state index contributed by atoms with van der Waals surface area (Å²) in [7, 11) is 0. The maximum atomic E-state index is 10.8. The van der Waals surface area contributed by atoms with Gasteiger partial charge in [0.2, 0.25) is 5.24 Å². The normalized spacial score (nSPS) is 27.5. The molecule has 3 unspecified atom stereocenters. The SMILES string of the molecule is O=C(Cl)CSCC(COC1CCCCO1)OC1CCCCO1. The molecular weight excluding hydrogens is 328 g/mol. The van der Waals surface area contributed by atoms with Gasteiger partial charge < -0.3 is 18.9 Å². The fraction of sp³-hybridized carbons (Fsp3) is 0.933. The van der Waals surface area contributed by atoms with Gasteiger partial charge in [-0.2, -0.15) is 0 Å². The minimum Gasteiger partial charge on any atom is -0.353 e. The molecule has 2 saturated heterocycles. The predicted octanol–water partition coefficient (Wildman–Crippen LogP) is 2.94. The first-order valence-electron chi connectivity index (χ1n) is 8.00. The van der Waals surface area contributed by atoms with Crippen molar-refractivity contribution in [2.24, 2.45) is 0 Å². The Balaban J connectivity index is 1.73. The number of carbonyl (C=O) groups excluding carboxylic acids is 1. The lowest BCUT2D eigenvalue weighted by atomic mass is 10.2. The summed E-state index contributed by atoms with van der Waals surface area (Å²) in [4.78, 5) is 10.8. The second kappa shape index (κ2) is 10.8. The first kappa shape index (κ1) is 18.5. The smallest absolute Gasteiger partial charge is 0.231 e. The van der Waals surface area contributed by atoms with Crippen molar-refractivity contribution in [3.63, 3.8) is 0 Å². The molecule has 7 heteroatoms. The molecule has 0 spiro atoms. The lowest BCUT2D eigenvalue weighted by Crippen LogP contribution is -2.34. The first-order chi connectivity index (χ1) is 10.7. The van der Waals surface area contributed by atoms with Gasteiger partial charge in [-0.05, 0) is 50.1 Å². The van der Waals surface area contributed by atoms with E-state index in [0.29, 0.717) is 12.4 Å². The van der Waals surface area contributed by atoms with Gasteiger partial charge >= 0.3 is 0 Å². The van der Waals surface area contributed by atoms with Crippen LogP contribution in [0.3, 0.4) is 0 Å². The van der Waals surface area contributed by atoms with E-state index in [1.54, 1.807) is 0 Å². The molecule has 2 aliphatic heterocycles. The molecule has 2 fully saturated rings. The minimum absolute atomic E-state index is 0.116. The summed E-state index contributed by atoms with van der Waals surface area (Å²) in [5, 5.41) is -0.339. The number of rotatable bonds is 9. The van der Waals surface area contributed by atoms with Gasteiger partial charge in [0, 0.05) is 19.0 Å². The topological polar surface area (TPSA) is 54.0 Å². The van der Waals surface area contributed by atoms with E-state index in [9.17, 15) is 4.79 Å². The lowest BCUT2D eigenvalue weighted by Gasteiger charge is -2.29. The quantitative estimate of drug-likeness (QED) is 0.595. The van der Waals surface area contributed by atoms with Gasteiger partial charge in [-0.3, -0.25) is 4.79 Å². The van der Waals surface area contributed by atoms with Crippen LogP contribution >= 0.6 is 23.4 Å². The zero-order chi connectivity index (χ0) is 15.6. The van der Waals surface area contributed by atoms with Crippen LogP contribution in [0.4, 0.5) is 0 Å². The highest BCUT2D eigenvalue weighted by molar-refractivity contribution is 8.00. The second-order valence-corrected chi connectivity index (χ2v) is 7.01. The van der Waals surface area contributed by atoms with Crippen LogP contribution in [-0.2, 0) is 23.7 Å². The molecule has 128 valence electrons. The lowest BCUT2D eigenvalue weighted by molar-refractivity contribution is -0.218. The van der Waals surface area contributed by atoms with E-state index in [-0.39, 0.29) is 29.7 Å². The van der Waals surface area contributed by atoms with Crippen LogP contribution in [0, 0.1) is 0 Å². The maximum Gasteiger partial charge on any atom is 0.231 e. The van der Waals surface area contributed by atoms with Crippen LogP contribution in [0.15, 0.2) is 0 Å². The molecule has 0 aromatic carbocycles. The number of carbonyl (C=O) groups is 1. The Morgan fingerprint density at radius 3 is 2.41 bits per heavy atom. The zero-order valence-electron chi connectivity index (χ0n) is 12.8. The van der Waals surface area contributed by atoms with Crippen molar-refractivity contribution >= 4 is 28.6 Å². The largest absolute Gasteiger partial charge is 0.353 e. The van der Waals surface area contributed by atoms with Crippen molar-refractivity contribution in [2.75, 3.05) is 31.3 Å². The minimum atomic E-state index is -0.339. The van der Waals surface area contributed by atoms with Crippen LogP contribution in [0.2, 0.25) is 0 Å². The Bertz CT molecular complexity index is 319. The molecule has 3 atom stereocenters. The van der Waals surface area contributed by atoms with Gasteiger partial charge in [0.05, 0.1) is 18.5 Å². The fourth-order valence-corrected chi connectivity index (χ4v) is 3.44. The van der Waals surface area contributed by atoms with Gasteiger partial charge in [0.25, 0.3) is 0 Å². The van der Waals surface area contributed by atoms with Gasteiger partial charge in [0.15, 0.2) is 12.6 Å². The molecule has 0 aromatic heterocycles. The molecule has 0 radical (unpaired) electrons. The zero-order valence-corrected chi connectivity index (χ0v) is 14.4. The Morgan fingerprint density at radius 1 is 1.14 bits per heavy atom. The van der Waals surface area contributed by atoms with Crippen molar-refractivity contribution in [3.05, 3.63) is 0 Å². The molecule has 2 aliphatic rings. The van der Waals surface area contributed by atoms with Gasteiger partial charge in [0.1, 0.15) is 0 Å². The van der Waals surface area contributed by atoms with Crippen LogP contribution < -0.4 is 0 Å². The molecule has 0 saturated carbocycles. The molecule has 0 aliphatic carbocycles. The first-order valence-corrected chi connectivity index (χ1v) is 9.53. The van der Waals surface area contributed by atoms with Crippen molar-refractivity contribution in [2.45, 2.75) is 57.2 Å². The molecule has 2 rings (SSSR count). The summed E-state index contributed by atoms with van der Waals surface area (Å²) in [6.45, 7) is 1.96. The molecule has 5 nitrogen and oxygen atoms in total. The third-order valence-electron chi connectivity index (χ3n) is 3.61. The van der Waals surface area contributed by atoms with Crippen molar-refractivity contribution in [1.29, 1.82) is 0 Å². The Hall–Kier alpha value is 0.150. The van der Waals surface area contributed by atoms with Crippen molar-refractivity contribution < 1.29 is 23.7 Å². The average Bonchev–Trinajstić information content (AvgIpc) is 2.54. The third-order valence-corrected chi connectivity index (χ3v) is 4.97. The Labute approximate surface area is 141 Å². The molecule has 2 heterocycles. The van der Waals surface area contributed by atoms with E-state index < -0.39 is 0 Å². The predicted molar refractivity (Wildman–Crippen MR) is 86.2 cm³/mol. The van der Waals surface area contributed by atoms with E-state index in [1.165, 1.54) is 11.8 Å². The van der Waals surface area contributed by atoms with Gasteiger partial charge in [-0.25, -0.2) is 0 Å². The summed E-state index contributed by atoms with van der Waals surface area (Å²) in [5.74, 6) is 0.942. The number of hydrogen-bond acceptors (Lipinski definition) is 6. The number of halogens is 1.